The van der Waals surface area contributed by atoms with Crippen molar-refractivity contribution in [3.05, 3.63) is 77.6 Å². The van der Waals surface area contributed by atoms with Gasteiger partial charge in [-0.05, 0) is 31.0 Å². The molecule has 1 aliphatic rings. The van der Waals surface area contributed by atoms with Crippen LogP contribution in [0, 0.1) is 0 Å². The summed E-state index contributed by atoms with van der Waals surface area (Å²) in [4.78, 5) is 23.6. The molecule has 0 aliphatic heterocycles. The van der Waals surface area contributed by atoms with E-state index in [9.17, 15) is 14.7 Å². The Morgan fingerprint density at radius 3 is 2.67 bits per heavy atom. The lowest BCUT2D eigenvalue weighted by molar-refractivity contribution is -0.141. The minimum absolute atomic E-state index is 0.176. The van der Waals surface area contributed by atoms with Gasteiger partial charge in [-0.3, -0.25) is 4.79 Å². The van der Waals surface area contributed by atoms with Crippen molar-refractivity contribution in [3.63, 3.8) is 0 Å². The lowest BCUT2D eigenvalue weighted by Gasteiger charge is -2.12. The Morgan fingerprint density at radius 2 is 1.97 bits per heavy atom. The minimum atomic E-state index is -0.959. The summed E-state index contributed by atoms with van der Waals surface area (Å²) in [5, 5.41) is 21.3. The van der Waals surface area contributed by atoms with Gasteiger partial charge in [0.2, 0.25) is 0 Å². The number of benzene rings is 2. The Balaban J connectivity index is 1.56. The van der Waals surface area contributed by atoms with Crippen LogP contribution in [-0.4, -0.2) is 31.9 Å². The number of Topliss-reactive ketones (excluding diaryl/α,β-unsaturated/α-hetero) is 1. The molecule has 0 bridgehead atoms. The van der Waals surface area contributed by atoms with Crippen molar-refractivity contribution in [2.45, 2.75) is 32.2 Å². The molecule has 1 unspecified atom stereocenters. The number of carbonyl (C=O) groups is 2. The number of allylic oxidation sites excluding steroid dienone is 2. The lowest BCUT2D eigenvalue weighted by Crippen LogP contribution is -2.22. The van der Waals surface area contributed by atoms with Crippen LogP contribution in [0.5, 0.6) is 0 Å². The average molecular weight is 402 g/mol. The second-order valence-electron chi connectivity index (χ2n) is 7.36. The Morgan fingerprint density at radius 1 is 1.17 bits per heavy atom. The van der Waals surface area contributed by atoms with Crippen LogP contribution in [0.25, 0.3) is 11.3 Å². The maximum Gasteiger partial charge on any atom is 0.328 e. The molecule has 152 valence electrons. The van der Waals surface area contributed by atoms with Crippen LogP contribution in [-0.2, 0) is 16.0 Å². The van der Waals surface area contributed by atoms with Crippen molar-refractivity contribution in [2.24, 2.45) is 0 Å². The minimum Gasteiger partial charge on any atom is -0.480 e. The molecular weight excluding hydrogens is 380 g/mol. The zero-order valence-corrected chi connectivity index (χ0v) is 16.6. The van der Waals surface area contributed by atoms with Crippen molar-refractivity contribution >= 4 is 17.4 Å². The number of rotatable bonds is 7. The highest BCUT2D eigenvalue weighted by Gasteiger charge is 2.22. The molecule has 1 aliphatic carbocycles. The first-order valence-electron chi connectivity index (χ1n) is 9.80. The number of carboxylic acids is 1. The lowest BCUT2D eigenvalue weighted by atomic mass is 10.1. The van der Waals surface area contributed by atoms with E-state index in [-0.39, 0.29) is 5.78 Å². The number of hydrogen-bond acceptors (Lipinski definition) is 5. The summed E-state index contributed by atoms with van der Waals surface area (Å²) in [5.41, 5.74) is 4.89. The third kappa shape index (κ3) is 4.15. The molecule has 3 aromatic rings. The van der Waals surface area contributed by atoms with Gasteiger partial charge >= 0.3 is 5.97 Å². The van der Waals surface area contributed by atoms with Crippen LogP contribution in [0.1, 0.15) is 31.4 Å². The van der Waals surface area contributed by atoms with E-state index in [0.29, 0.717) is 25.0 Å². The van der Waals surface area contributed by atoms with Crippen LogP contribution in [0.2, 0.25) is 0 Å². The van der Waals surface area contributed by atoms with E-state index >= 15 is 0 Å². The number of carbonyl (C=O) groups excluding carboxylic acids is 1. The number of ketones is 1. The van der Waals surface area contributed by atoms with Crippen LogP contribution in [0.15, 0.2) is 72.1 Å². The van der Waals surface area contributed by atoms with Gasteiger partial charge < -0.3 is 10.4 Å². The van der Waals surface area contributed by atoms with Crippen LogP contribution in [0.3, 0.4) is 0 Å². The predicted molar refractivity (Wildman–Crippen MR) is 113 cm³/mol. The molecule has 0 amide bonds. The number of anilines is 1. The van der Waals surface area contributed by atoms with Crippen LogP contribution in [0.4, 0.5) is 5.69 Å². The predicted octanol–water partition coefficient (Wildman–Crippen LogP) is 3.86. The molecule has 0 radical (unpaired) electrons. The van der Waals surface area contributed by atoms with Gasteiger partial charge in [-0.1, -0.05) is 47.7 Å². The van der Waals surface area contributed by atoms with Crippen LogP contribution >= 0.6 is 0 Å². The highest BCUT2D eigenvalue weighted by molar-refractivity contribution is 5.98. The summed E-state index contributed by atoms with van der Waals surface area (Å²) in [7, 11) is 0. The summed E-state index contributed by atoms with van der Waals surface area (Å²) in [6.45, 7) is 1.84. The molecule has 0 saturated carbocycles. The largest absolute Gasteiger partial charge is 0.480 e. The highest BCUT2D eigenvalue weighted by Crippen LogP contribution is 2.27. The van der Waals surface area contributed by atoms with Gasteiger partial charge in [-0.15, -0.1) is 5.10 Å². The van der Waals surface area contributed by atoms with Gasteiger partial charge in [0.25, 0.3) is 0 Å². The maximum absolute atomic E-state index is 11.8. The van der Waals surface area contributed by atoms with Gasteiger partial charge in [-0.25, -0.2) is 9.48 Å². The molecule has 0 spiro atoms. The third-order valence-corrected chi connectivity index (χ3v) is 5.31. The monoisotopic (exact) mass is 402 g/mol. The summed E-state index contributed by atoms with van der Waals surface area (Å²) in [6.07, 6.45) is 3.23. The second kappa shape index (κ2) is 8.32. The van der Waals surface area contributed by atoms with E-state index < -0.39 is 12.0 Å². The summed E-state index contributed by atoms with van der Waals surface area (Å²) >= 11 is 0. The molecule has 30 heavy (non-hydrogen) atoms. The Kier molecular flexibility index (Phi) is 5.43. The van der Waals surface area contributed by atoms with E-state index in [1.165, 1.54) is 4.68 Å². The quantitative estimate of drug-likeness (QED) is 0.623. The number of hydrogen-bond donors (Lipinski definition) is 2. The Bertz CT molecular complexity index is 1120. The fourth-order valence-electron chi connectivity index (χ4n) is 3.56. The third-order valence-electron chi connectivity index (χ3n) is 5.31. The van der Waals surface area contributed by atoms with Crippen molar-refractivity contribution in [1.29, 1.82) is 0 Å². The van der Waals surface area contributed by atoms with Gasteiger partial charge in [0.15, 0.2) is 11.8 Å². The highest BCUT2D eigenvalue weighted by atomic mass is 16.4. The Labute approximate surface area is 174 Å². The van der Waals surface area contributed by atoms with Gasteiger partial charge in [0, 0.05) is 35.4 Å². The van der Waals surface area contributed by atoms with Gasteiger partial charge in [-0.2, -0.15) is 0 Å². The van der Waals surface area contributed by atoms with E-state index in [2.05, 4.69) is 15.6 Å². The first-order chi connectivity index (χ1) is 14.5. The van der Waals surface area contributed by atoms with Crippen molar-refractivity contribution < 1.29 is 14.7 Å². The summed E-state index contributed by atoms with van der Waals surface area (Å²) in [6, 6.07) is 16.2. The zero-order valence-electron chi connectivity index (χ0n) is 16.6. The molecule has 1 atom stereocenters. The van der Waals surface area contributed by atoms with E-state index in [1.54, 1.807) is 6.20 Å². The molecule has 2 N–H and O–H groups in total. The molecule has 4 rings (SSSR count). The molecule has 2 aromatic carbocycles. The number of nitrogens with zero attached hydrogens (tertiary/aromatic N) is 3. The first-order valence-corrected chi connectivity index (χ1v) is 9.80. The second-order valence-corrected chi connectivity index (χ2v) is 7.36. The maximum atomic E-state index is 11.8. The van der Waals surface area contributed by atoms with E-state index in [1.807, 2.05) is 61.5 Å². The van der Waals surface area contributed by atoms with E-state index in [0.717, 1.165) is 28.1 Å². The smallest absolute Gasteiger partial charge is 0.328 e. The molecule has 7 heteroatoms. The number of nitrogens with one attached hydrogen (secondary N) is 1. The average Bonchev–Trinajstić information content (AvgIpc) is 3.36. The normalized spacial score (nSPS) is 14.8. The molecule has 1 heterocycles. The zero-order chi connectivity index (χ0) is 21.1. The number of aromatic nitrogens is 3. The number of aliphatic carboxylic acids is 1. The fourth-order valence-corrected chi connectivity index (χ4v) is 3.56. The standard InChI is InChI=1S/C23H22N4O3/c1-15-19(10-11-22(15)28)24-18-9-5-8-17(13-18)20-14-27(26-25-20)21(23(29)30)12-16-6-3-2-4-7-16/h2-9,13-14,21,24H,10-12H2,1H3,(H,29,30). The SMILES string of the molecule is CC1=C(Nc2cccc(-c3cn(C(Cc4ccccc4)C(=O)O)nn3)c2)CCC1=O. The molecule has 0 fully saturated rings. The van der Waals surface area contributed by atoms with Gasteiger partial charge in [0.05, 0.1) is 6.20 Å². The van der Waals surface area contributed by atoms with Crippen molar-refractivity contribution in [3.8, 4) is 11.3 Å². The summed E-state index contributed by atoms with van der Waals surface area (Å²) in [5.74, 6) is -0.784. The topological polar surface area (TPSA) is 97.1 Å². The molecule has 7 nitrogen and oxygen atoms in total. The van der Waals surface area contributed by atoms with Gasteiger partial charge in [0.1, 0.15) is 5.69 Å². The van der Waals surface area contributed by atoms with Crippen molar-refractivity contribution in [1.82, 2.24) is 15.0 Å². The fraction of sp³-hybridized carbons (Fsp3) is 0.217. The van der Waals surface area contributed by atoms with Crippen LogP contribution < -0.4 is 5.32 Å². The summed E-state index contributed by atoms with van der Waals surface area (Å²) < 4.78 is 1.40. The molecular formula is C23H22N4O3. The van der Waals surface area contributed by atoms with Crippen molar-refractivity contribution in [2.75, 3.05) is 5.32 Å². The molecule has 0 saturated heterocycles. The Hall–Kier alpha value is -3.74. The first kappa shape index (κ1) is 19.6. The number of carboxylic acid groups (broad SMARTS) is 1. The molecule has 1 aromatic heterocycles. The van der Waals surface area contributed by atoms with E-state index in [4.69, 9.17) is 0 Å².